The molecule has 7 nitrogen and oxygen atoms in total. The van der Waals surface area contributed by atoms with Crippen molar-refractivity contribution < 1.29 is 14.4 Å². The van der Waals surface area contributed by atoms with E-state index < -0.39 is 6.03 Å². The van der Waals surface area contributed by atoms with Gasteiger partial charge in [0.1, 0.15) is 13.1 Å². The molecule has 4 amide bonds. The molecular formula is C15H27ClN4O3. The second-order valence-electron chi connectivity index (χ2n) is 6.11. The van der Waals surface area contributed by atoms with Crippen molar-refractivity contribution in [2.24, 2.45) is 0 Å². The summed E-state index contributed by atoms with van der Waals surface area (Å²) in [5.74, 6) is -0.612. The molecule has 1 saturated carbocycles. The Bertz CT molecular complexity index is 425. The smallest absolute Gasteiger partial charge is 0.327 e. The molecule has 2 aliphatic rings. The van der Waals surface area contributed by atoms with Crippen molar-refractivity contribution in [3.05, 3.63) is 0 Å². The van der Waals surface area contributed by atoms with Crippen molar-refractivity contribution >= 4 is 30.3 Å². The number of carbonyl (C=O) groups excluding carboxylic acids is 3. The maximum atomic E-state index is 11.8. The maximum Gasteiger partial charge on any atom is 0.327 e. The number of imide groups is 1. The third-order valence-corrected chi connectivity index (χ3v) is 4.27. The van der Waals surface area contributed by atoms with Gasteiger partial charge in [0.25, 0.3) is 5.91 Å². The molecule has 2 N–H and O–H groups in total. The first-order valence-corrected chi connectivity index (χ1v) is 8.13. The quantitative estimate of drug-likeness (QED) is 0.422. The Morgan fingerprint density at radius 1 is 1.13 bits per heavy atom. The molecule has 23 heavy (non-hydrogen) atoms. The Kier molecular flexibility index (Phi) is 8.33. The molecule has 8 heteroatoms. The van der Waals surface area contributed by atoms with Crippen LogP contribution in [0.25, 0.3) is 0 Å². The molecule has 2 fully saturated rings. The largest absolute Gasteiger partial charge is 0.353 e. The van der Waals surface area contributed by atoms with Crippen LogP contribution in [0.15, 0.2) is 0 Å². The summed E-state index contributed by atoms with van der Waals surface area (Å²) >= 11 is 0. The van der Waals surface area contributed by atoms with E-state index in [0.717, 1.165) is 11.4 Å². The molecule has 0 aromatic carbocycles. The lowest BCUT2D eigenvalue weighted by Crippen LogP contribution is -2.43. The molecule has 0 bridgehead atoms. The van der Waals surface area contributed by atoms with Crippen molar-refractivity contribution in [3.63, 3.8) is 0 Å². The van der Waals surface area contributed by atoms with Crippen LogP contribution >= 0.6 is 12.4 Å². The molecule has 1 saturated heterocycles. The second kappa shape index (κ2) is 9.72. The third-order valence-electron chi connectivity index (χ3n) is 4.27. The summed E-state index contributed by atoms with van der Waals surface area (Å²) in [4.78, 5) is 37.3. The molecule has 0 aromatic rings. The first kappa shape index (κ1) is 19.7. The van der Waals surface area contributed by atoms with Gasteiger partial charge < -0.3 is 15.5 Å². The number of hydrogen-bond acceptors (Lipinski definition) is 4. The van der Waals surface area contributed by atoms with E-state index >= 15 is 0 Å². The zero-order chi connectivity index (χ0) is 15.9. The van der Waals surface area contributed by atoms with Crippen LogP contribution in [0, 0.1) is 0 Å². The molecule has 0 spiro atoms. The van der Waals surface area contributed by atoms with Gasteiger partial charge >= 0.3 is 6.03 Å². The summed E-state index contributed by atoms with van der Waals surface area (Å²) < 4.78 is 0. The van der Waals surface area contributed by atoms with Gasteiger partial charge in [0, 0.05) is 26.2 Å². The summed E-state index contributed by atoms with van der Waals surface area (Å²) in [6, 6.07) is 0.145. The highest BCUT2D eigenvalue weighted by molar-refractivity contribution is 6.04. The number of hydrogen-bond donors (Lipinski definition) is 2. The molecule has 1 aliphatic heterocycles. The third kappa shape index (κ3) is 5.99. The van der Waals surface area contributed by atoms with Gasteiger partial charge in [0.15, 0.2) is 0 Å². The summed E-state index contributed by atoms with van der Waals surface area (Å²) in [6.07, 6.45) is 7.60. The van der Waals surface area contributed by atoms with Crippen LogP contribution in [0.2, 0.25) is 0 Å². The van der Waals surface area contributed by atoms with Crippen molar-refractivity contribution in [1.29, 1.82) is 0 Å². The normalized spacial score (nSPS) is 19.5. The van der Waals surface area contributed by atoms with Gasteiger partial charge in [-0.25, -0.2) is 4.79 Å². The predicted molar refractivity (Wildman–Crippen MR) is 89.5 cm³/mol. The van der Waals surface area contributed by atoms with E-state index in [2.05, 4.69) is 10.6 Å². The summed E-state index contributed by atoms with van der Waals surface area (Å²) in [5.41, 5.74) is 0. The Morgan fingerprint density at radius 3 is 2.35 bits per heavy atom. The lowest BCUT2D eigenvalue weighted by Gasteiger charge is -2.17. The SMILES string of the molecule is CN1CC(=O)N(CC(=O)NCCNC2CCCCCC2)C1=O.Cl. The van der Waals surface area contributed by atoms with Crippen LogP contribution < -0.4 is 10.6 Å². The van der Waals surface area contributed by atoms with Gasteiger partial charge in [-0.15, -0.1) is 12.4 Å². The highest BCUT2D eigenvalue weighted by Crippen LogP contribution is 2.16. The number of nitrogens with one attached hydrogen (secondary N) is 2. The van der Waals surface area contributed by atoms with E-state index in [0.29, 0.717) is 12.6 Å². The van der Waals surface area contributed by atoms with Gasteiger partial charge in [0.05, 0.1) is 0 Å². The number of urea groups is 1. The number of carbonyl (C=O) groups is 3. The van der Waals surface area contributed by atoms with E-state index in [9.17, 15) is 14.4 Å². The van der Waals surface area contributed by atoms with Crippen molar-refractivity contribution in [2.75, 3.05) is 33.2 Å². The standard InChI is InChI=1S/C15H26N4O3.ClH/c1-18-11-14(21)19(15(18)22)10-13(20)17-9-8-16-12-6-4-2-3-5-7-12;/h12,16H,2-11H2,1H3,(H,17,20);1H. The van der Waals surface area contributed by atoms with Crippen LogP contribution in [-0.2, 0) is 9.59 Å². The number of nitrogens with zero attached hydrogens (tertiary/aromatic N) is 2. The molecule has 0 radical (unpaired) electrons. The van der Waals surface area contributed by atoms with Crippen LogP contribution in [0.5, 0.6) is 0 Å². The van der Waals surface area contributed by atoms with E-state index in [1.807, 2.05) is 0 Å². The second-order valence-corrected chi connectivity index (χ2v) is 6.11. The van der Waals surface area contributed by atoms with E-state index in [4.69, 9.17) is 0 Å². The predicted octanol–water partition coefficient (Wildman–Crippen LogP) is 0.731. The van der Waals surface area contributed by atoms with E-state index in [-0.39, 0.29) is 37.3 Å². The molecular weight excluding hydrogens is 320 g/mol. The first-order chi connectivity index (χ1) is 10.6. The molecule has 0 unspecified atom stereocenters. The Balaban J connectivity index is 0.00000264. The highest BCUT2D eigenvalue weighted by Gasteiger charge is 2.34. The minimum Gasteiger partial charge on any atom is -0.353 e. The van der Waals surface area contributed by atoms with Crippen LogP contribution in [0.3, 0.4) is 0 Å². The summed E-state index contributed by atoms with van der Waals surface area (Å²) in [6.45, 7) is 1.10. The van der Waals surface area contributed by atoms with E-state index in [1.54, 1.807) is 7.05 Å². The molecule has 2 rings (SSSR count). The number of halogens is 1. The van der Waals surface area contributed by atoms with Crippen LogP contribution in [0.4, 0.5) is 4.79 Å². The van der Waals surface area contributed by atoms with Gasteiger partial charge in [0.2, 0.25) is 5.91 Å². The summed E-state index contributed by atoms with van der Waals surface area (Å²) in [7, 11) is 1.55. The average molecular weight is 347 g/mol. The lowest BCUT2D eigenvalue weighted by molar-refractivity contribution is -0.130. The molecule has 1 heterocycles. The van der Waals surface area contributed by atoms with Crippen molar-refractivity contribution in [3.8, 4) is 0 Å². The fraction of sp³-hybridized carbons (Fsp3) is 0.800. The van der Waals surface area contributed by atoms with E-state index in [1.165, 1.54) is 43.4 Å². The van der Waals surface area contributed by atoms with Crippen LogP contribution in [0.1, 0.15) is 38.5 Å². The Morgan fingerprint density at radius 2 is 1.78 bits per heavy atom. The average Bonchev–Trinajstić information content (AvgIpc) is 2.70. The van der Waals surface area contributed by atoms with Gasteiger partial charge in [-0.2, -0.15) is 0 Å². The van der Waals surface area contributed by atoms with Crippen molar-refractivity contribution in [2.45, 2.75) is 44.6 Å². The Labute approximate surface area is 143 Å². The molecule has 132 valence electrons. The van der Waals surface area contributed by atoms with Crippen LogP contribution in [-0.4, -0.2) is 66.9 Å². The molecule has 1 aliphatic carbocycles. The maximum absolute atomic E-state index is 11.8. The minimum atomic E-state index is -0.406. The monoisotopic (exact) mass is 346 g/mol. The van der Waals surface area contributed by atoms with Gasteiger partial charge in [-0.3, -0.25) is 14.5 Å². The lowest BCUT2D eigenvalue weighted by atomic mass is 10.1. The molecule has 0 atom stereocenters. The zero-order valence-electron chi connectivity index (χ0n) is 13.7. The fourth-order valence-electron chi connectivity index (χ4n) is 2.99. The molecule has 0 aromatic heterocycles. The zero-order valence-corrected chi connectivity index (χ0v) is 14.5. The summed E-state index contributed by atoms with van der Waals surface area (Å²) in [5, 5.41) is 6.22. The topological polar surface area (TPSA) is 81.8 Å². The highest BCUT2D eigenvalue weighted by atomic mass is 35.5. The minimum absolute atomic E-state index is 0. The number of likely N-dealkylation sites (N-methyl/N-ethyl adjacent to an activating group) is 1. The van der Waals surface area contributed by atoms with Gasteiger partial charge in [-0.05, 0) is 12.8 Å². The fourth-order valence-corrected chi connectivity index (χ4v) is 2.99. The number of amides is 4. The first-order valence-electron chi connectivity index (χ1n) is 8.13. The Hall–Kier alpha value is -1.34. The van der Waals surface area contributed by atoms with Gasteiger partial charge in [-0.1, -0.05) is 25.7 Å². The van der Waals surface area contributed by atoms with Crippen molar-refractivity contribution in [1.82, 2.24) is 20.4 Å². The number of rotatable bonds is 6.